The summed E-state index contributed by atoms with van der Waals surface area (Å²) in [6, 6.07) is 3.80. The van der Waals surface area contributed by atoms with Crippen LogP contribution in [-0.4, -0.2) is 4.83 Å². The highest BCUT2D eigenvalue weighted by atomic mass is 79.9. The molecule has 1 saturated carbocycles. The molecule has 0 spiro atoms. The van der Waals surface area contributed by atoms with Gasteiger partial charge in [0, 0.05) is 10.9 Å². The van der Waals surface area contributed by atoms with Crippen molar-refractivity contribution >= 4 is 15.9 Å². The van der Waals surface area contributed by atoms with E-state index in [1.807, 2.05) is 0 Å². The van der Waals surface area contributed by atoms with Gasteiger partial charge < -0.3 is 0 Å². The van der Waals surface area contributed by atoms with Gasteiger partial charge in [-0.05, 0) is 36.3 Å². The van der Waals surface area contributed by atoms with Crippen molar-refractivity contribution in [3.63, 3.8) is 0 Å². The fourth-order valence-corrected chi connectivity index (χ4v) is 2.99. The molecular weight excluding hydrogens is 262 g/mol. The zero-order valence-corrected chi connectivity index (χ0v) is 10.1. The summed E-state index contributed by atoms with van der Waals surface area (Å²) >= 11 is 3.57. The van der Waals surface area contributed by atoms with Crippen molar-refractivity contribution in [3.05, 3.63) is 35.4 Å². The molecule has 3 heteroatoms. The maximum absolute atomic E-state index is 13.3. The molecule has 0 nitrogen and oxygen atoms in total. The SMILES string of the molecule is CC1CC1C(Br)Cc1ccc(F)cc1F. The summed E-state index contributed by atoms with van der Waals surface area (Å²) in [6.45, 7) is 2.19. The zero-order valence-electron chi connectivity index (χ0n) is 8.51. The molecular formula is C12H13BrF2. The van der Waals surface area contributed by atoms with Gasteiger partial charge in [0.25, 0.3) is 0 Å². The minimum absolute atomic E-state index is 0.312. The van der Waals surface area contributed by atoms with Crippen molar-refractivity contribution in [1.82, 2.24) is 0 Å². The molecule has 15 heavy (non-hydrogen) atoms. The second-order valence-electron chi connectivity index (χ2n) is 4.33. The van der Waals surface area contributed by atoms with Crippen molar-refractivity contribution < 1.29 is 8.78 Å². The molecule has 0 N–H and O–H groups in total. The van der Waals surface area contributed by atoms with Gasteiger partial charge in [0.2, 0.25) is 0 Å². The van der Waals surface area contributed by atoms with Gasteiger partial charge in [-0.2, -0.15) is 0 Å². The van der Waals surface area contributed by atoms with Gasteiger partial charge >= 0.3 is 0 Å². The molecule has 0 amide bonds. The zero-order chi connectivity index (χ0) is 11.0. The standard InChI is InChI=1S/C12H13BrF2/c1-7-4-10(7)11(13)5-8-2-3-9(14)6-12(8)15/h2-3,6-7,10-11H,4-5H2,1H3. The van der Waals surface area contributed by atoms with Crippen LogP contribution in [0, 0.1) is 23.5 Å². The molecule has 82 valence electrons. The first-order valence-corrected chi connectivity index (χ1v) is 6.07. The van der Waals surface area contributed by atoms with E-state index in [2.05, 4.69) is 22.9 Å². The van der Waals surface area contributed by atoms with E-state index in [1.54, 1.807) is 0 Å². The van der Waals surface area contributed by atoms with Crippen LogP contribution < -0.4 is 0 Å². The summed E-state index contributed by atoms with van der Waals surface area (Å²) in [5.41, 5.74) is 0.595. The molecule has 0 radical (unpaired) electrons. The van der Waals surface area contributed by atoms with E-state index in [-0.39, 0.29) is 0 Å². The van der Waals surface area contributed by atoms with Gasteiger partial charge in [-0.15, -0.1) is 0 Å². The monoisotopic (exact) mass is 274 g/mol. The van der Waals surface area contributed by atoms with E-state index in [9.17, 15) is 8.78 Å². The second-order valence-corrected chi connectivity index (χ2v) is 5.51. The first-order chi connectivity index (χ1) is 7.08. The van der Waals surface area contributed by atoms with Gasteiger partial charge in [-0.3, -0.25) is 0 Å². The smallest absolute Gasteiger partial charge is 0.129 e. The highest BCUT2D eigenvalue weighted by molar-refractivity contribution is 9.09. The molecule has 1 aliphatic carbocycles. The average molecular weight is 275 g/mol. The predicted octanol–water partition coefficient (Wildman–Crippen LogP) is 3.93. The molecule has 3 unspecified atom stereocenters. The fraction of sp³-hybridized carbons (Fsp3) is 0.500. The van der Waals surface area contributed by atoms with Gasteiger partial charge in [0.05, 0.1) is 0 Å². The Balaban J connectivity index is 2.04. The minimum Gasteiger partial charge on any atom is -0.207 e. The van der Waals surface area contributed by atoms with E-state index in [1.165, 1.54) is 18.6 Å². The molecule has 2 rings (SSSR count). The molecule has 0 aliphatic heterocycles. The molecule has 1 aromatic carbocycles. The molecule has 1 aliphatic rings. The van der Waals surface area contributed by atoms with Crippen molar-refractivity contribution in [2.24, 2.45) is 11.8 Å². The Morgan fingerprint density at radius 1 is 1.47 bits per heavy atom. The Bertz CT molecular complexity index is 365. The molecule has 0 bridgehead atoms. The minimum atomic E-state index is -0.512. The van der Waals surface area contributed by atoms with Crippen molar-refractivity contribution in [3.8, 4) is 0 Å². The van der Waals surface area contributed by atoms with Crippen LogP contribution >= 0.6 is 15.9 Å². The number of hydrogen-bond donors (Lipinski definition) is 0. The average Bonchev–Trinajstić information content (AvgIpc) is 2.88. The van der Waals surface area contributed by atoms with Gasteiger partial charge in [-0.1, -0.05) is 28.9 Å². The van der Waals surface area contributed by atoms with Crippen molar-refractivity contribution in [2.45, 2.75) is 24.6 Å². The number of hydrogen-bond acceptors (Lipinski definition) is 0. The lowest BCUT2D eigenvalue weighted by Gasteiger charge is -2.09. The van der Waals surface area contributed by atoms with Crippen LogP contribution in [0.4, 0.5) is 8.78 Å². The number of halogens is 3. The lowest BCUT2D eigenvalue weighted by molar-refractivity contribution is 0.566. The normalized spacial score (nSPS) is 26.4. The molecule has 0 heterocycles. The highest BCUT2D eigenvalue weighted by Gasteiger charge is 2.38. The van der Waals surface area contributed by atoms with Crippen molar-refractivity contribution in [1.29, 1.82) is 0 Å². The summed E-state index contributed by atoms with van der Waals surface area (Å²) < 4.78 is 26.0. The third-order valence-corrected chi connectivity index (χ3v) is 4.07. The third-order valence-electron chi connectivity index (χ3n) is 3.07. The number of rotatable bonds is 3. The Labute approximate surface area is 96.8 Å². The van der Waals surface area contributed by atoms with E-state index >= 15 is 0 Å². The Morgan fingerprint density at radius 2 is 2.13 bits per heavy atom. The lowest BCUT2D eigenvalue weighted by Crippen LogP contribution is -2.08. The van der Waals surface area contributed by atoms with Crippen LogP contribution in [0.1, 0.15) is 18.9 Å². The summed E-state index contributed by atoms with van der Waals surface area (Å²) in [5.74, 6) is 0.433. The molecule has 0 saturated heterocycles. The van der Waals surface area contributed by atoms with Gasteiger partial charge in [-0.25, -0.2) is 8.78 Å². The van der Waals surface area contributed by atoms with E-state index in [0.717, 1.165) is 12.0 Å². The number of benzene rings is 1. The first-order valence-electron chi connectivity index (χ1n) is 5.16. The summed E-state index contributed by atoms with van der Waals surface area (Å²) in [4.78, 5) is 0.312. The Kier molecular flexibility index (Phi) is 3.10. The Hall–Kier alpha value is -0.440. The summed E-state index contributed by atoms with van der Waals surface area (Å²) in [6.07, 6.45) is 1.85. The lowest BCUT2D eigenvalue weighted by atomic mass is 10.1. The summed E-state index contributed by atoms with van der Waals surface area (Å²) in [7, 11) is 0. The largest absolute Gasteiger partial charge is 0.207 e. The van der Waals surface area contributed by atoms with E-state index in [4.69, 9.17) is 0 Å². The molecule has 1 aromatic rings. The van der Waals surface area contributed by atoms with Crippen LogP contribution in [0.5, 0.6) is 0 Å². The third kappa shape index (κ3) is 2.57. The van der Waals surface area contributed by atoms with Gasteiger partial charge in [0.1, 0.15) is 11.6 Å². The summed E-state index contributed by atoms with van der Waals surface area (Å²) in [5, 5.41) is 0. The van der Waals surface area contributed by atoms with Crippen LogP contribution in [-0.2, 0) is 6.42 Å². The molecule has 1 fully saturated rings. The predicted molar refractivity (Wildman–Crippen MR) is 60.0 cm³/mol. The van der Waals surface area contributed by atoms with Crippen LogP contribution in [0.25, 0.3) is 0 Å². The van der Waals surface area contributed by atoms with Crippen LogP contribution in [0.2, 0.25) is 0 Å². The van der Waals surface area contributed by atoms with E-state index < -0.39 is 11.6 Å². The van der Waals surface area contributed by atoms with Gasteiger partial charge in [0.15, 0.2) is 0 Å². The number of alkyl halides is 1. The molecule has 0 aromatic heterocycles. The molecule has 3 atom stereocenters. The second kappa shape index (κ2) is 4.20. The van der Waals surface area contributed by atoms with Crippen LogP contribution in [0.15, 0.2) is 18.2 Å². The maximum Gasteiger partial charge on any atom is 0.129 e. The highest BCUT2D eigenvalue weighted by Crippen LogP contribution is 2.44. The topological polar surface area (TPSA) is 0 Å². The quantitative estimate of drug-likeness (QED) is 0.733. The van der Waals surface area contributed by atoms with E-state index in [0.29, 0.717) is 22.7 Å². The maximum atomic E-state index is 13.3. The fourth-order valence-electron chi connectivity index (χ4n) is 1.90. The first kappa shape index (κ1) is 11.1. The van der Waals surface area contributed by atoms with Crippen molar-refractivity contribution in [2.75, 3.05) is 0 Å². The van der Waals surface area contributed by atoms with Crippen LogP contribution in [0.3, 0.4) is 0 Å². The Morgan fingerprint density at radius 3 is 2.67 bits per heavy atom.